The van der Waals surface area contributed by atoms with Crippen LogP contribution >= 0.6 is 11.6 Å². The van der Waals surface area contributed by atoms with Gasteiger partial charge < -0.3 is 14.9 Å². The first kappa shape index (κ1) is 17.3. The van der Waals surface area contributed by atoms with Crippen LogP contribution in [0.3, 0.4) is 0 Å². The molecule has 0 saturated carbocycles. The first-order chi connectivity index (χ1) is 10.8. The van der Waals surface area contributed by atoms with E-state index in [1.165, 1.54) is 29.0 Å². The third-order valence-corrected chi connectivity index (χ3v) is 3.92. The van der Waals surface area contributed by atoms with E-state index < -0.39 is 22.8 Å². The molecule has 0 radical (unpaired) electrons. The lowest BCUT2D eigenvalue weighted by Gasteiger charge is -2.13. The zero-order valence-corrected chi connectivity index (χ0v) is 13.3. The van der Waals surface area contributed by atoms with Crippen molar-refractivity contribution in [2.45, 2.75) is 12.3 Å². The average Bonchev–Trinajstić information content (AvgIpc) is 2.44. The predicted octanol–water partition coefficient (Wildman–Crippen LogP) is 1.63. The van der Waals surface area contributed by atoms with Crippen LogP contribution in [-0.2, 0) is 23.4 Å². The van der Waals surface area contributed by atoms with Crippen LogP contribution in [-0.4, -0.2) is 19.2 Å². The van der Waals surface area contributed by atoms with Crippen molar-refractivity contribution in [3.05, 3.63) is 63.5 Å². The Hall–Kier alpha value is -2.03. The number of benzene rings is 1. The summed E-state index contributed by atoms with van der Waals surface area (Å²) in [4.78, 5) is 11.3. The Morgan fingerprint density at radius 2 is 2.09 bits per heavy atom. The molecule has 1 unspecified atom stereocenters. The van der Waals surface area contributed by atoms with Crippen molar-refractivity contribution in [3.8, 4) is 0 Å². The van der Waals surface area contributed by atoms with Crippen molar-refractivity contribution in [1.29, 1.82) is 5.41 Å². The fourth-order valence-corrected chi connectivity index (χ4v) is 2.89. The van der Waals surface area contributed by atoms with E-state index in [0.717, 1.165) is 6.07 Å². The van der Waals surface area contributed by atoms with Crippen LogP contribution in [0.5, 0.6) is 0 Å². The quantitative estimate of drug-likeness (QED) is 0.707. The standard InChI is InChI=1S/C14H13ClFN3O3S/c15-10-4-12(14(18)20)13(17)19(6-10)5-8-1-2-11(16)3-9(8)7-23(21)22/h1-4,6,17H,5,7H2,(H2,18,20)(H,21,22). The molecular weight excluding hydrogens is 345 g/mol. The number of carbonyl (C=O) groups excluding carboxylic acids is 1. The summed E-state index contributed by atoms with van der Waals surface area (Å²) < 4.78 is 34.7. The summed E-state index contributed by atoms with van der Waals surface area (Å²) in [5, 5.41) is 8.21. The van der Waals surface area contributed by atoms with Crippen molar-refractivity contribution in [3.63, 3.8) is 0 Å². The van der Waals surface area contributed by atoms with Crippen LogP contribution in [0, 0.1) is 11.2 Å². The molecule has 0 bridgehead atoms. The van der Waals surface area contributed by atoms with Gasteiger partial charge in [0.05, 0.1) is 16.3 Å². The maximum Gasteiger partial charge on any atom is 0.252 e. The van der Waals surface area contributed by atoms with Gasteiger partial charge in [0.2, 0.25) is 0 Å². The highest BCUT2D eigenvalue weighted by Crippen LogP contribution is 2.16. The van der Waals surface area contributed by atoms with E-state index in [-0.39, 0.29) is 28.4 Å². The molecular formula is C14H13ClFN3O3S. The van der Waals surface area contributed by atoms with Crippen LogP contribution in [0.4, 0.5) is 4.39 Å². The Morgan fingerprint density at radius 1 is 1.39 bits per heavy atom. The molecule has 122 valence electrons. The van der Waals surface area contributed by atoms with Gasteiger partial charge in [-0.1, -0.05) is 17.7 Å². The second-order valence-corrected chi connectivity index (χ2v) is 6.16. The Bertz CT molecular complexity index is 854. The average molecular weight is 358 g/mol. The minimum atomic E-state index is -2.14. The Labute approximate surface area is 138 Å². The van der Waals surface area contributed by atoms with Crippen molar-refractivity contribution >= 4 is 28.6 Å². The Morgan fingerprint density at radius 3 is 2.70 bits per heavy atom. The third-order valence-electron chi connectivity index (χ3n) is 3.16. The van der Waals surface area contributed by atoms with Gasteiger partial charge in [0.1, 0.15) is 11.3 Å². The highest BCUT2D eigenvalue weighted by molar-refractivity contribution is 7.78. The number of rotatable bonds is 5. The van der Waals surface area contributed by atoms with Crippen molar-refractivity contribution < 1.29 is 17.9 Å². The van der Waals surface area contributed by atoms with E-state index in [4.69, 9.17) is 27.3 Å². The lowest BCUT2D eigenvalue weighted by atomic mass is 10.1. The van der Waals surface area contributed by atoms with Gasteiger partial charge in [-0.2, -0.15) is 0 Å². The molecule has 0 fully saturated rings. The van der Waals surface area contributed by atoms with Crippen LogP contribution < -0.4 is 11.2 Å². The summed E-state index contributed by atoms with van der Waals surface area (Å²) in [6.07, 6.45) is 1.43. The van der Waals surface area contributed by atoms with Gasteiger partial charge in [-0.05, 0) is 29.3 Å². The molecule has 2 aromatic rings. The van der Waals surface area contributed by atoms with E-state index in [9.17, 15) is 13.4 Å². The maximum absolute atomic E-state index is 13.3. The fourth-order valence-electron chi connectivity index (χ4n) is 2.12. The van der Waals surface area contributed by atoms with Gasteiger partial charge in [0.25, 0.3) is 5.91 Å². The van der Waals surface area contributed by atoms with Crippen molar-refractivity contribution in [1.82, 2.24) is 4.57 Å². The molecule has 0 aliphatic rings. The zero-order valence-electron chi connectivity index (χ0n) is 11.8. The summed E-state index contributed by atoms with van der Waals surface area (Å²) in [6, 6.07) is 5.11. The molecule has 4 N–H and O–H groups in total. The van der Waals surface area contributed by atoms with Crippen LogP contribution in [0.1, 0.15) is 21.5 Å². The smallest absolute Gasteiger partial charge is 0.252 e. The molecule has 2 rings (SSSR count). The summed E-state index contributed by atoms with van der Waals surface area (Å²) in [7, 11) is 0. The predicted molar refractivity (Wildman–Crippen MR) is 83.8 cm³/mol. The third kappa shape index (κ3) is 4.25. The maximum atomic E-state index is 13.3. The number of hydrogen-bond acceptors (Lipinski definition) is 3. The van der Waals surface area contributed by atoms with E-state index in [1.54, 1.807) is 0 Å². The number of amides is 1. The molecule has 1 aromatic heterocycles. The number of primary amides is 1. The first-order valence-electron chi connectivity index (χ1n) is 6.37. The minimum absolute atomic E-state index is 0.0492. The lowest BCUT2D eigenvalue weighted by molar-refractivity contribution is 0.0997. The van der Waals surface area contributed by atoms with Crippen LogP contribution in [0.15, 0.2) is 30.5 Å². The minimum Gasteiger partial charge on any atom is -0.365 e. The molecule has 1 atom stereocenters. The number of nitrogens with two attached hydrogens (primary N) is 1. The van der Waals surface area contributed by atoms with Crippen molar-refractivity contribution in [2.75, 3.05) is 0 Å². The number of halogens is 2. The van der Waals surface area contributed by atoms with Gasteiger partial charge in [-0.15, -0.1) is 0 Å². The number of carbonyl (C=O) groups is 1. The molecule has 1 amide bonds. The number of aromatic nitrogens is 1. The molecule has 6 nitrogen and oxygen atoms in total. The molecule has 0 aliphatic carbocycles. The summed E-state index contributed by atoms with van der Waals surface area (Å²) >= 11 is 3.78. The van der Waals surface area contributed by atoms with Gasteiger partial charge in [0.15, 0.2) is 11.1 Å². The second kappa shape index (κ2) is 7.03. The monoisotopic (exact) mass is 357 g/mol. The molecule has 9 heteroatoms. The van der Waals surface area contributed by atoms with E-state index in [1.807, 2.05) is 0 Å². The molecule has 0 saturated heterocycles. The highest BCUT2D eigenvalue weighted by atomic mass is 35.5. The lowest BCUT2D eigenvalue weighted by Crippen LogP contribution is -2.30. The number of pyridine rings is 1. The van der Waals surface area contributed by atoms with E-state index >= 15 is 0 Å². The van der Waals surface area contributed by atoms with E-state index in [0.29, 0.717) is 11.1 Å². The molecule has 0 aliphatic heterocycles. The topological polar surface area (TPSA) is 109 Å². The molecule has 1 heterocycles. The normalized spacial score (nSPS) is 12.1. The van der Waals surface area contributed by atoms with Gasteiger partial charge in [-0.3, -0.25) is 10.2 Å². The van der Waals surface area contributed by atoms with Crippen molar-refractivity contribution in [2.24, 2.45) is 5.73 Å². The SMILES string of the molecule is N=c1c(C(N)=O)cc(Cl)cn1Cc1ccc(F)cc1CS(=O)O. The summed E-state index contributed by atoms with van der Waals surface area (Å²) in [6.45, 7) is 0.0759. The molecule has 0 spiro atoms. The Kier molecular flexibility index (Phi) is 5.30. The number of nitrogens with zero attached hydrogens (tertiary/aromatic N) is 1. The van der Waals surface area contributed by atoms with E-state index in [2.05, 4.69) is 0 Å². The highest BCUT2D eigenvalue weighted by Gasteiger charge is 2.12. The van der Waals surface area contributed by atoms with Crippen LogP contribution in [0.2, 0.25) is 5.02 Å². The molecule has 23 heavy (non-hydrogen) atoms. The van der Waals surface area contributed by atoms with Gasteiger partial charge in [-0.25, -0.2) is 8.60 Å². The largest absolute Gasteiger partial charge is 0.365 e. The van der Waals surface area contributed by atoms with Gasteiger partial charge in [0, 0.05) is 12.7 Å². The zero-order chi connectivity index (χ0) is 17.1. The van der Waals surface area contributed by atoms with Gasteiger partial charge >= 0.3 is 0 Å². The number of hydrogen-bond donors (Lipinski definition) is 3. The first-order valence-corrected chi connectivity index (χ1v) is 8.02. The molecule has 1 aromatic carbocycles. The summed E-state index contributed by atoms with van der Waals surface area (Å²) in [5.74, 6) is -1.57. The van der Waals surface area contributed by atoms with Crippen LogP contribution in [0.25, 0.3) is 0 Å². The number of nitrogens with one attached hydrogen (secondary N) is 1. The second-order valence-electron chi connectivity index (χ2n) is 4.79. The Balaban J connectivity index is 2.50. The summed E-state index contributed by atoms with van der Waals surface area (Å²) in [5.41, 5.74) is 5.87. The fraction of sp³-hybridized carbons (Fsp3) is 0.143.